The Morgan fingerprint density at radius 1 is 1.28 bits per heavy atom. The van der Waals surface area contributed by atoms with Gasteiger partial charge in [-0.15, -0.1) is 0 Å². The van der Waals surface area contributed by atoms with Crippen molar-refractivity contribution in [1.29, 1.82) is 0 Å². The summed E-state index contributed by atoms with van der Waals surface area (Å²) < 4.78 is 0. The number of likely N-dealkylation sites (tertiary alicyclic amines) is 1. The van der Waals surface area contributed by atoms with E-state index in [1.807, 2.05) is 11.8 Å². The number of amides is 2. The molecule has 18 heavy (non-hydrogen) atoms. The lowest BCUT2D eigenvalue weighted by molar-refractivity contribution is -0.130. The summed E-state index contributed by atoms with van der Waals surface area (Å²) in [5, 5.41) is 6.32. The standard InChI is InChI=1S/C13H23N3O2/c1-9(11-7-14-8-11)13(18)15-12-3-5-16(6-4-12)10(2)17/h9,11-12,14H,3-8H2,1-2H3,(H,15,18). The van der Waals surface area contributed by atoms with E-state index in [1.54, 1.807) is 6.92 Å². The van der Waals surface area contributed by atoms with Crippen LogP contribution in [0.1, 0.15) is 26.7 Å². The Labute approximate surface area is 108 Å². The second-order valence-corrected chi connectivity index (χ2v) is 5.50. The number of nitrogens with one attached hydrogen (secondary N) is 2. The van der Waals surface area contributed by atoms with E-state index in [2.05, 4.69) is 10.6 Å². The van der Waals surface area contributed by atoms with Gasteiger partial charge in [-0.05, 0) is 31.8 Å². The predicted molar refractivity (Wildman–Crippen MR) is 68.9 cm³/mol. The van der Waals surface area contributed by atoms with Gasteiger partial charge in [0.15, 0.2) is 0 Å². The molecule has 0 radical (unpaired) electrons. The average molecular weight is 253 g/mol. The van der Waals surface area contributed by atoms with Crippen molar-refractivity contribution in [2.75, 3.05) is 26.2 Å². The highest BCUT2D eigenvalue weighted by molar-refractivity contribution is 5.79. The molecule has 2 heterocycles. The summed E-state index contributed by atoms with van der Waals surface area (Å²) in [4.78, 5) is 25.1. The van der Waals surface area contributed by atoms with Crippen LogP contribution in [0.25, 0.3) is 0 Å². The summed E-state index contributed by atoms with van der Waals surface area (Å²) in [5.41, 5.74) is 0. The number of carbonyl (C=O) groups is 2. The van der Waals surface area contributed by atoms with Gasteiger partial charge in [0, 0.05) is 32.0 Å². The number of rotatable bonds is 3. The van der Waals surface area contributed by atoms with Crippen molar-refractivity contribution in [3.05, 3.63) is 0 Å². The molecule has 5 heteroatoms. The first-order valence-electron chi connectivity index (χ1n) is 6.84. The topological polar surface area (TPSA) is 61.4 Å². The second-order valence-electron chi connectivity index (χ2n) is 5.50. The first kappa shape index (κ1) is 13.3. The number of piperidine rings is 1. The third kappa shape index (κ3) is 3.02. The summed E-state index contributed by atoms with van der Waals surface area (Å²) in [5.74, 6) is 0.885. The average Bonchev–Trinajstić information content (AvgIpc) is 2.27. The zero-order valence-corrected chi connectivity index (χ0v) is 11.2. The zero-order valence-electron chi connectivity index (χ0n) is 11.2. The summed E-state index contributed by atoms with van der Waals surface area (Å²) >= 11 is 0. The first-order valence-corrected chi connectivity index (χ1v) is 6.84. The molecule has 0 aliphatic carbocycles. The van der Waals surface area contributed by atoms with Crippen LogP contribution in [0.15, 0.2) is 0 Å². The maximum atomic E-state index is 12.0. The van der Waals surface area contributed by atoms with Crippen molar-refractivity contribution >= 4 is 11.8 Å². The van der Waals surface area contributed by atoms with E-state index < -0.39 is 0 Å². The third-order valence-electron chi connectivity index (χ3n) is 4.22. The van der Waals surface area contributed by atoms with Gasteiger partial charge < -0.3 is 15.5 Å². The second kappa shape index (κ2) is 5.69. The summed E-state index contributed by atoms with van der Waals surface area (Å²) in [7, 11) is 0. The van der Waals surface area contributed by atoms with E-state index in [-0.39, 0.29) is 23.8 Å². The largest absolute Gasteiger partial charge is 0.353 e. The van der Waals surface area contributed by atoms with Gasteiger partial charge in [-0.1, -0.05) is 6.92 Å². The number of carbonyl (C=O) groups excluding carboxylic acids is 2. The Balaban J connectivity index is 1.73. The zero-order chi connectivity index (χ0) is 13.1. The van der Waals surface area contributed by atoms with Crippen molar-refractivity contribution in [3.63, 3.8) is 0 Å². The Bertz CT molecular complexity index is 320. The molecule has 2 aliphatic heterocycles. The van der Waals surface area contributed by atoms with E-state index >= 15 is 0 Å². The van der Waals surface area contributed by atoms with E-state index in [4.69, 9.17) is 0 Å². The van der Waals surface area contributed by atoms with Gasteiger partial charge in [-0.2, -0.15) is 0 Å². The lowest BCUT2D eigenvalue weighted by Gasteiger charge is -2.35. The molecule has 0 saturated carbocycles. The van der Waals surface area contributed by atoms with Crippen molar-refractivity contribution < 1.29 is 9.59 Å². The van der Waals surface area contributed by atoms with Crippen LogP contribution < -0.4 is 10.6 Å². The highest BCUT2D eigenvalue weighted by Crippen LogP contribution is 2.17. The predicted octanol–water partition coefficient (Wildman–Crippen LogP) is -0.0310. The minimum Gasteiger partial charge on any atom is -0.353 e. The van der Waals surface area contributed by atoms with Gasteiger partial charge in [0.1, 0.15) is 0 Å². The van der Waals surface area contributed by atoms with Crippen molar-refractivity contribution in [2.24, 2.45) is 11.8 Å². The fraction of sp³-hybridized carbons (Fsp3) is 0.846. The molecule has 1 unspecified atom stereocenters. The smallest absolute Gasteiger partial charge is 0.223 e. The summed E-state index contributed by atoms with van der Waals surface area (Å²) in [6, 6.07) is 0.239. The van der Waals surface area contributed by atoms with E-state index in [1.165, 1.54) is 0 Å². The van der Waals surface area contributed by atoms with Gasteiger partial charge >= 0.3 is 0 Å². The quantitative estimate of drug-likeness (QED) is 0.742. The van der Waals surface area contributed by atoms with Gasteiger partial charge in [0.25, 0.3) is 0 Å². The number of hydrogen-bond donors (Lipinski definition) is 2. The fourth-order valence-corrected chi connectivity index (χ4v) is 2.55. The van der Waals surface area contributed by atoms with Crippen LogP contribution in [0.4, 0.5) is 0 Å². The Morgan fingerprint density at radius 2 is 1.89 bits per heavy atom. The molecule has 2 saturated heterocycles. The normalized spacial score (nSPS) is 23.3. The molecular weight excluding hydrogens is 230 g/mol. The maximum Gasteiger partial charge on any atom is 0.223 e. The highest BCUT2D eigenvalue weighted by atomic mass is 16.2. The lowest BCUT2D eigenvalue weighted by Crippen LogP contribution is -2.52. The van der Waals surface area contributed by atoms with Crippen LogP contribution in [0.3, 0.4) is 0 Å². The molecule has 0 bridgehead atoms. The third-order valence-corrected chi connectivity index (χ3v) is 4.22. The van der Waals surface area contributed by atoms with Gasteiger partial charge in [0.05, 0.1) is 0 Å². The molecule has 1 atom stereocenters. The van der Waals surface area contributed by atoms with Crippen LogP contribution >= 0.6 is 0 Å². The Morgan fingerprint density at radius 3 is 2.33 bits per heavy atom. The highest BCUT2D eigenvalue weighted by Gasteiger charge is 2.30. The minimum absolute atomic E-state index is 0.0945. The maximum absolute atomic E-state index is 12.0. The Hall–Kier alpha value is -1.10. The summed E-state index contributed by atoms with van der Waals surface area (Å²) in [6.45, 7) is 7.05. The molecule has 0 aromatic carbocycles. The van der Waals surface area contributed by atoms with E-state index in [9.17, 15) is 9.59 Å². The summed E-state index contributed by atoms with van der Waals surface area (Å²) in [6.07, 6.45) is 1.75. The fourth-order valence-electron chi connectivity index (χ4n) is 2.55. The van der Waals surface area contributed by atoms with Crippen LogP contribution in [0.2, 0.25) is 0 Å². The number of hydrogen-bond acceptors (Lipinski definition) is 3. The molecule has 2 aliphatic rings. The molecule has 0 aromatic rings. The van der Waals surface area contributed by atoms with Crippen molar-refractivity contribution in [2.45, 2.75) is 32.7 Å². The van der Waals surface area contributed by atoms with Crippen LogP contribution in [-0.2, 0) is 9.59 Å². The molecule has 2 fully saturated rings. The van der Waals surface area contributed by atoms with Crippen LogP contribution in [0.5, 0.6) is 0 Å². The molecule has 2 amide bonds. The molecule has 2 N–H and O–H groups in total. The lowest BCUT2D eigenvalue weighted by atomic mass is 9.88. The van der Waals surface area contributed by atoms with Crippen molar-refractivity contribution in [3.8, 4) is 0 Å². The molecule has 102 valence electrons. The van der Waals surface area contributed by atoms with Crippen LogP contribution in [0, 0.1) is 11.8 Å². The van der Waals surface area contributed by atoms with Crippen molar-refractivity contribution in [1.82, 2.24) is 15.5 Å². The first-order chi connectivity index (χ1) is 8.58. The van der Waals surface area contributed by atoms with E-state index in [0.717, 1.165) is 39.0 Å². The molecule has 5 nitrogen and oxygen atoms in total. The van der Waals surface area contributed by atoms with Crippen LogP contribution in [-0.4, -0.2) is 48.9 Å². The van der Waals surface area contributed by atoms with Gasteiger partial charge in [-0.25, -0.2) is 0 Å². The molecule has 0 spiro atoms. The van der Waals surface area contributed by atoms with E-state index in [0.29, 0.717) is 5.92 Å². The number of nitrogens with zero attached hydrogens (tertiary/aromatic N) is 1. The van der Waals surface area contributed by atoms with Gasteiger partial charge in [0.2, 0.25) is 11.8 Å². The SMILES string of the molecule is CC(=O)N1CCC(NC(=O)C(C)C2CNC2)CC1. The van der Waals surface area contributed by atoms with Gasteiger partial charge in [-0.3, -0.25) is 9.59 Å². The monoisotopic (exact) mass is 253 g/mol. The molecule has 0 aromatic heterocycles. The minimum atomic E-state index is 0.0945. The molecular formula is C13H23N3O2. The molecule has 2 rings (SSSR count). The Kier molecular flexibility index (Phi) is 4.22.